The van der Waals surface area contributed by atoms with Crippen LogP contribution >= 0.6 is 0 Å². The second-order valence-electron chi connectivity index (χ2n) is 36.2. The summed E-state index contributed by atoms with van der Waals surface area (Å²) in [5.41, 5.74) is 29.7. The Kier molecular flexibility index (Phi) is 15.5. The number of hydrogen-bond acceptors (Lipinski definition) is 2. The van der Waals surface area contributed by atoms with Crippen LogP contribution in [0.5, 0.6) is 0 Å². The molecule has 2 aromatic heterocycles. The third kappa shape index (κ3) is 10.6. The highest BCUT2D eigenvalue weighted by Gasteiger charge is 2.47. The fourth-order valence-electron chi connectivity index (χ4n) is 21.0. The summed E-state index contributed by atoms with van der Waals surface area (Å²) < 4.78 is 5.36. The summed E-state index contributed by atoms with van der Waals surface area (Å²) in [4.78, 5) is 5.49. The second-order valence-corrected chi connectivity index (χ2v) is 36.2. The molecule has 23 rings (SSSR count). The first kappa shape index (κ1) is 70.4. The minimum absolute atomic E-state index is 0.168. The molecule has 0 spiro atoms. The van der Waals surface area contributed by atoms with Gasteiger partial charge in [-0.25, -0.2) is 0 Å². The number of rotatable bonds is 8. The lowest BCUT2D eigenvalue weighted by Gasteiger charge is -2.46. The van der Waals surface area contributed by atoms with Gasteiger partial charge in [0.2, 0.25) is 0 Å². The van der Waals surface area contributed by atoms with Crippen LogP contribution in [0.2, 0.25) is 0 Å². The van der Waals surface area contributed by atoms with Gasteiger partial charge in [-0.2, -0.15) is 0 Å². The highest BCUT2D eigenvalue weighted by molar-refractivity contribution is 7.00. The summed E-state index contributed by atoms with van der Waals surface area (Å²) in [6.45, 7) is 21.2. The number of benzene rings is 19. The molecule has 4 nitrogen and oxygen atoms in total. The first-order chi connectivity index (χ1) is 58.0. The summed E-state index contributed by atoms with van der Waals surface area (Å²) in [5, 5.41) is 19.9. The van der Waals surface area contributed by atoms with Gasteiger partial charge in [0.05, 0.1) is 33.4 Å². The van der Waals surface area contributed by atoms with E-state index in [1.165, 1.54) is 141 Å². The number of para-hydroxylation sites is 2. The normalized spacial score (nSPS) is 13.0. The Hall–Kier alpha value is -14.0. The lowest BCUT2D eigenvalue weighted by molar-refractivity contribution is 0.590. The van der Waals surface area contributed by atoms with Crippen molar-refractivity contribution in [3.05, 3.63) is 381 Å². The van der Waals surface area contributed by atoms with Gasteiger partial charge in [0.1, 0.15) is 0 Å². The first-order valence-electron chi connectivity index (χ1n) is 42.2. The highest BCUT2D eigenvalue weighted by Crippen LogP contribution is 2.57. The van der Waals surface area contributed by atoms with Crippen LogP contribution in [0.3, 0.4) is 0 Å². The summed E-state index contributed by atoms with van der Waals surface area (Å²) in [7, 11) is 0. The molecule has 0 unspecified atom stereocenters. The zero-order chi connectivity index (χ0) is 80.1. The van der Waals surface area contributed by atoms with E-state index in [4.69, 9.17) is 0 Å². The Bertz CT molecular complexity index is 7270. The number of fused-ring (bicyclic) bond motifs is 24. The van der Waals surface area contributed by atoms with Gasteiger partial charge in [0.15, 0.2) is 0 Å². The van der Waals surface area contributed by atoms with Crippen molar-refractivity contribution >= 4 is 165 Å². The van der Waals surface area contributed by atoms with E-state index in [1.807, 2.05) is 0 Å². The molecule has 21 aromatic rings. The molecule has 5 heteroatoms. The number of nitrogens with zero attached hydrogens (tertiary/aromatic N) is 4. The molecular weight excluding hydrogens is 1440 g/mol. The van der Waals surface area contributed by atoms with Gasteiger partial charge in [-0.3, -0.25) is 0 Å². The molecule has 0 bridgehead atoms. The van der Waals surface area contributed by atoms with Gasteiger partial charge in [0, 0.05) is 99.5 Å². The monoisotopic (exact) mass is 1520 g/mol. The summed E-state index contributed by atoms with van der Waals surface area (Å²) in [5.74, 6) is 0. The molecule has 0 saturated heterocycles. The topological polar surface area (TPSA) is 16.3 Å². The van der Waals surface area contributed by atoms with Crippen LogP contribution < -0.4 is 26.2 Å². The zero-order valence-electron chi connectivity index (χ0n) is 68.5. The molecule has 19 aromatic carbocycles. The van der Waals surface area contributed by atoms with Crippen molar-refractivity contribution < 1.29 is 0 Å². The van der Waals surface area contributed by atoms with E-state index in [0.29, 0.717) is 0 Å². The molecule has 0 radical (unpaired) electrons. The standard InChI is InChI=1S/C114H87BN4/c1-112(2,3)74-64-101-105-102(65-74)119(107-79(72-40-18-12-19-41-72)58-35-59-80(107)73-42-20-13-21-43-73)100-67-76(117-109-92-55-33-27-49-86(92)96(114(7,8)9)69-94(109)104-88-51-29-23-45-82(88)84-47-25-31-53-90(84)111(104)117)61-63-98(100)115(105)97-62-60-75(66-99(97)118(101)106-77(70-36-14-10-15-37-70)56-34-57-78(106)71-38-16-11-17-39-71)116-108-91-54-32-26-48-85(91)95(113(4,5)6)68-93(108)103-87-50-28-22-44-81(87)83-46-24-30-52-89(83)110(103)116/h10-69H,1-9H3. The van der Waals surface area contributed by atoms with Crippen molar-refractivity contribution in [2.45, 2.75) is 78.6 Å². The molecule has 4 heterocycles. The highest BCUT2D eigenvalue weighted by atomic mass is 15.2. The van der Waals surface area contributed by atoms with Gasteiger partial charge in [-0.15, -0.1) is 0 Å². The molecule has 0 atom stereocenters. The maximum atomic E-state index is 2.74. The zero-order valence-corrected chi connectivity index (χ0v) is 68.5. The van der Waals surface area contributed by atoms with Crippen LogP contribution in [0, 0.1) is 0 Å². The van der Waals surface area contributed by atoms with Crippen molar-refractivity contribution in [1.29, 1.82) is 0 Å². The van der Waals surface area contributed by atoms with E-state index in [2.05, 4.69) is 445 Å². The van der Waals surface area contributed by atoms with E-state index >= 15 is 0 Å². The molecule has 0 saturated carbocycles. The second kappa shape index (κ2) is 26.3. The number of anilines is 6. The molecule has 2 aliphatic heterocycles. The molecular formula is C114H87BN4. The first-order valence-corrected chi connectivity index (χ1v) is 42.2. The Morgan fingerprint density at radius 2 is 0.504 bits per heavy atom. The van der Waals surface area contributed by atoms with Gasteiger partial charge < -0.3 is 18.9 Å². The van der Waals surface area contributed by atoms with Crippen LogP contribution in [-0.2, 0) is 16.2 Å². The summed E-state index contributed by atoms with van der Waals surface area (Å²) in [6.07, 6.45) is 0. The molecule has 119 heavy (non-hydrogen) atoms. The Labute approximate surface area is 694 Å². The smallest absolute Gasteiger partial charge is 0.252 e. The molecule has 0 aliphatic carbocycles. The van der Waals surface area contributed by atoms with Gasteiger partial charge in [-0.1, -0.05) is 378 Å². The van der Waals surface area contributed by atoms with Crippen molar-refractivity contribution in [1.82, 2.24) is 9.13 Å². The van der Waals surface area contributed by atoms with Crippen molar-refractivity contribution in [3.8, 4) is 55.9 Å². The van der Waals surface area contributed by atoms with Crippen molar-refractivity contribution in [2.24, 2.45) is 0 Å². The van der Waals surface area contributed by atoms with E-state index in [-0.39, 0.29) is 23.0 Å². The number of aromatic nitrogens is 2. The van der Waals surface area contributed by atoms with Crippen LogP contribution in [0.4, 0.5) is 34.1 Å². The van der Waals surface area contributed by atoms with E-state index in [9.17, 15) is 0 Å². The fraction of sp³-hybridized carbons (Fsp3) is 0.105. The van der Waals surface area contributed by atoms with Gasteiger partial charge in [-0.05, 0) is 163 Å². The lowest BCUT2D eigenvalue weighted by atomic mass is 9.33. The van der Waals surface area contributed by atoms with Gasteiger partial charge in [0.25, 0.3) is 6.71 Å². The number of hydrogen-bond donors (Lipinski definition) is 0. The van der Waals surface area contributed by atoms with E-state index < -0.39 is 0 Å². The quantitative estimate of drug-likeness (QED) is 0.111. The van der Waals surface area contributed by atoms with Crippen molar-refractivity contribution in [2.75, 3.05) is 9.80 Å². The lowest BCUT2D eigenvalue weighted by Crippen LogP contribution is -2.61. The molecule has 2 aliphatic rings. The van der Waals surface area contributed by atoms with Crippen LogP contribution in [-0.4, -0.2) is 15.8 Å². The third-order valence-electron chi connectivity index (χ3n) is 26.2. The minimum atomic E-state index is -0.370. The maximum absolute atomic E-state index is 2.74. The van der Waals surface area contributed by atoms with Crippen LogP contribution in [0.15, 0.2) is 364 Å². The third-order valence-corrected chi connectivity index (χ3v) is 26.2. The predicted molar refractivity (Wildman–Crippen MR) is 512 cm³/mol. The molecule has 566 valence electrons. The predicted octanol–water partition coefficient (Wildman–Crippen LogP) is 29.4. The average Bonchev–Trinajstić information content (AvgIpc) is 1.65. The van der Waals surface area contributed by atoms with Crippen molar-refractivity contribution in [3.63, 3.8) is 0 Å². The Morgan fingerprint density at radius 1 is 0.218 bits per heavy atom. The van der Waals surface area contributed by atoms with Crippen LogP contribution in [0.1, 0.15) is 79.0 Å². The molecule has 0 N–H and O–H groups in total. The molecule has 0 amide bonds. The Morgan fingerprint density at radius 3 is 0.824 bits per heavy atom. The van der Waals surface area contributed by atoms with Gasteiger partial charge >= 0.3 is 0 Å². The SMILES string of the molecule is CC(C)(C)c1cc2c3c(c1)N(c1c(-c4ccccc4)cccc1-c1ccccc1)c1cc(-n4c5c6ccccc6c(C(C)(C)C)cc5c5c6ccccc6c6ccccc6c54)ccc1B3c1ccc(-n3c4c5ccccc5c(C(C)(C)C)cc4c4c5ccccc5c5ccccc5c43)cc1N2c1c(-c2ccccc2)cccc1-c1ccccc1. The largest absolute Gasteiger partial charge is 0.310 e. The average molecular weight is 1520 g/mol. The summed E-state index contributed by atoms with van der Waals surface area (Å²) in [6, 6.07) is 139. The maximum Gasteiger partial charge on any atom is 0.252 e. The minimum Gasteiger partial charge on any atom is -0.310 e. The molecule has 0 fully saturated rings. The van der Waals surface area contributed by atoms with Crippen LogP contribution in [0.25, 0.3) is 164 Å². The Balaban J connectivity index is 0.914. The van der Waals surface area contributed by atoms with E-state index in [1.54, 1.807) is 0 Å². The fourth-order valence-corrected chi connectivity index (χ4v) is 21.0. The summed E-state index contributed by atoms with van der Waals surface area (Å²) >= 11 is 0. The van der Waals surface area contributed by atoms with E-state index in [0.717, 1.165) is 90.0 Å².